The number of rotatable bonds is 4. The van der Waals surface area contributed by atoms with E-state index in [4.69, 9.17) is 16.3 Å². The predicted molar refractivity (Wildman–Crippen MR) is 134 cm³/mol. The molecule has 0 unspecified atom stereocenters. The second-order valence-corrected chi connectivity index (χ2v) is 9.47. The van der Waals surface area contributed by atoms with Crippen LogP contribution in [-0.4, -0.2) is 39.1 Å². The van der Waals surface area contributed by atoms with Crippen molar-refractivity contribution in [2.75, 3.05) is 0 Å². The second-order valence-electron chi connectivity index (χ2n) is 9.04. The van der Waals surface area contributed by atoms with Gasteiger partial charge in [0.15, 0.2) is 0 Å². The number of hydrogen-bond acceptors (Lipinski definition) is 4. The maximum Gasteiger partial charge on any atom is 0.419 e. The molecule has 1 aromatic heterocycles. The summed E-state index contributed by atoms with van der Waals surface area (Å²) < 4.78 is 6.93. The van der Waals surface area contributed by atoms with Crippen LogP contribution in [0.1, 0.15) is 50.5 Å². The van der Waals surface area contributed by atoms with Crippen molar-refractivity contribution in [3.05, 3.63) is 77.0 Å². The highest BCUT2D eigenvalue weighted by Gasteiger charge is 2.21. The van der Waals surface area contributed by atoms with E-state index < -0.39 is 23.5 Å². The van der Waals surface area contributed by atoms with Crippen molar-refractivity contribution >= 4 is 46.5 Å². The first-order valence-corrected chi connectivity index (χ1v) is 11.3. The smallest absolute Gasteiger partial charge is 0.419 e. The van der Waals surface area contributed by atoms with Gasteiger partial charge in [-0.3, -0.25) is 19.6 Å². The van der Waals surface area contributed by atoms with Gasteiger partial charge in [0.1, 0.15) is 5.60 Å². The molecule has 0 saturated heterocycles. The summed E-state index contributed by atoms with van der Waals surface area (Å²) in [4.78, 5) is 38.2. The monoisotopic (exact) mass is 481 g/mol. The fourth-order valence-corrected chi connectivity index (χ4v) is 3.38. The van der Waals surface area contributed by atoms with Crippen molar-refractivity contribution < 1.29 is 19.1 Å². The van der Waals surface area contributed by atoms with Crippen molar-refractivity contribution in [2.45, 2.75) is 46.3 Å². The minimum atomic E-state index is -0.644. The SMILES string of the molecule is CC(C)N(NC(=O)c1ccc(Cl)cc1)C(=O)/C=C/c1cn(C(=O)OC(C)(C)C)c2ccccc12. The summed E-state index contributed by atoms with van der Waals surface area (Å²) in [6.07, 6.45) is 4.11. The van der Waals surface area contributed by atoms with Gasteiger partial charge in [-0.05, 0) is 71.0 Å². The lowest BCUT2D eigenvalue weighted by atomic mass is 10.1. The van der Waals surface area contributed by atoms with Crippen molar-refractivity contribution in [1.29, 1.82) is 0 Å². The van der Waals surface area contributed by atoms with Crippen LogP contribution in [0.15, 0.2) is 60.8 Å². The van der Waals surface area contributed by atoms with Crippen molar-refractivity contribution in [3.8, 4) is 0 Å². The molecule has 0 radical (unpaired) electrons. The van der Waals surface area contributed by atoms with Gasteiger partial charge in [-0.2, -0.15) is 0 Å². The van der Waals surface area contributed by atoms with Crippen LogP contribution in [0.2, 0.25) is 5.02 Å². The largest absolute Gasteiger partial charge is 0.443 e. The molecule has 3 aromatic rings. The zero-order valence-corrected chi connectivity index (χ0v) is 20.6. The Morgan fingerprint density at radius 3 is 2.32 bits per heavy atom. The average Bonchev–Trinajstić information content (AvgIpc) is 3.14. The normalized spacial score (nSPS) is 11.7. The molecule has 3 rings (SSSR count). The van der Waals surface area contributed by atoms with Gasteiger partial charge in [0.05, 0.1) is 5.52 Å². The van der Waals surface area contributed by atoms with E-state index in [9.17, 15) is 14.4 Å². The Bertz CT molecular complexity index is 1240. The van der Waals surface area contributed by atoms with Crippen LogP contribution in [0, 0.1) is 0 Å². The molecule has 0 spiro atoms. The zero-order valence-electron chi connectivity index (χ0n) is 19.8. The lowest BCUT2D eigenvalue weighted by Crippen LogP contribution is -2.49. The number of nitrogens with one attached hydrogen (secondary N) is 1. The van der Waals surface area contributed by atoms with E-state index in [2.05, 4.69) is 5.43 Å². The van der Waals surface area contributed by atoms with Crippen LogP contribution in [-0.2, 0) is 9.53 Å². The maximum absolute atomic E-state index is 12.9. The average molecular weight is 482 g/mol. The molecular weight excluding hydrogens is 454 g/mol. The molecule has 2 amide bonds. The number of fused-ring (bicyclic) bond motifs is 1. The van der Waals surface area contributed by atoms with Crippen LogP contribution in [0.25, 0.3) is 17.0 Å². The summed E-state index contributed by atoms with van der Waals surface area (Å²) in [6.45, 7) is 8.99. The molecule has 0 aliphatic rings. The topological polar surface area (TPSA) is 80.6 Å². The highest BCUT2D eigenvalue weighted by molar-refractivity contribution is 6.30. The number of nitrogens with zero attached hydrogens (tertiary/aromatic N) is 2. The minimum Gasteiger partial charge on any atom is -0.443 e. The Morgan fingerprint density at radius 1 is 1.06 bits per heavy atom. The third kappa shape index (κ3) is 6.05. The molecule has 1 N–H and O–H groups in total. The van der Waals surface area contributed by atoms with Crippen LogP contribution in [0.5, 0.6) is 0 Å². The van der Waals surface area contributed by atoms with Crippen molar-refractivity contribution in [1.82, 2.24) is 15.0 Å². The van der Waals surface area contributed by atoms with E-state index in [1.54, 1.807) is 71.2 Å². The van der Waals surface area contributed by atoms with Crippen LogP contribution < -0.4 is 5.43 Å². The van der Waals surface area contributed by atoms with Gasteiger partial charge in [0, 0.05) is 39.9 Å². The summed E-state index contributed by atoms with van der Waals surface area (Å²) in [6, 6.07) is 13.5. The molecule has 0 fully saturated rings. The molecule has 0 atom stereocenters. The molecule has 0 aliphatic heterocycles. The van der Waals surface area contributed by atoms with Gasteiger partial charge in [-0.1, -0.05) is 29.8 Å². The summed E-state index contributed by atoms with van der Waals surface area (Å²) in [5.74, 6) is -0.833. The number of ether oxygens (including phenoxy) is 1. The fraction of sp³-hybridized carbons (Fsp3) is 0.269. The molecule has 2 aromatic carbocycles. The number of hydrogen-bond donors (Lipinski definition) is 1. The highest BCUT2D eigenvalue weighted by atomic mass is 35.5. The Kier molecular flexibility index (Phi) is 7.47. The first-order chi connectivity index (χ1) is 16.0. The molecule has 8 heteroatoms. The highest BCUT2D eigenvalue weighted by Crippen LogP contribution is 2.24. The van der Waals surface area contributed by atoms with E-state index in [0.29, 0.717) is 21.7 Å². The first-order valence-electron chi connectivity index (χ1n) is 10.9. The third-order valence-electron chi connectivity index (χ3n) is 4.82. The fourth-order valence-electron chi connectivity index (χ4n) is 3.26. The van der Waals surface area contributed by atoms with E-state index in [1.807, 2.05) is 24.3 Å². The van der Waals surface area contributed by atoms with Crippen molar-refractivity contribution in [3.63, 3.8) is 0 Å². The number of halogens is 1. The number of aromatic nitrogens is 1. The number of hydrazine groups is 1. The van der Waals surface area contributed by atoms with Crippen LogP contribution in [0.3, 0.4) is 0 Å². The Balaban J connectivity index is 1.84. The molecule has 7 nitrogen and oxygen atoms in total. The number of amides is 2. The number of benzene rings is 2. The maximum atomic E-state index is 12.9. The first kappa shape index (κ1) is 25.1. The molecule has 0 aliphatic carbocycles. The standard InChI is InChI=1S/C26H28ClN3O4/c1-17(2)30(28-24(32)18-10-13-20(27)14-11-18)23(31)15-12-19-16-29(25(33)34-26(3,4)5)22-9-7-6-8-21(19)22/h6-17H,1-5H3,(H,28,32)/b15-12+. The minimum absolute atomic E-state index is 0.295. The zero-order chi connectivity index (χ0) is 25.0. The molecule has 34 heavy (non-hydrogen) atoms. The number of carbonyl (C=O) groups excluding carboxylic acids is 3. The molecule has 0 saturated carbocycles. The summed E-state index contributed by atoms with van der Waals surface area (Å²) in [7, 11) is 0. The summed E-state index contributed by atoms with van der Waals surface area (Å²) in [5, 5.41) is 2.56. The van der Waals surface area contributed by atoms with E-state index in [0.717, 1.165) is 5.39 Å². The predicted octanol–water partition coefficient (Wildman–Crippen LogP) is 5.67. The van der Waals surface area contributed by atoms with Crippen molar-refractivity contribution in [2.24, 2.45) is 0 Å². The Hall–Kier alpha value is -3.58. The third-order valence-corrected chi connectivity index (χ3v) is 5.07. The molecule has 178 valence electrons. The van der Waals surface area contributed by atoms with E-state index in [-0.39, 0.29) is 6.04 Å². The molecular formula is C26H28ClN3O4. The quantitative estimate of drug-likeness (QED) is 0.384. The van der Waals surface area contributed by atoms with Gasteiger partial charge < -0.3 is 4.74 Å². The Labute approximate surface area is 203 Å². The van der Waals surface area contributed by atoms with E-state index >= 15 is 0 Å². The lowest BCUT2D eigenvalue weighted by Gasteiger charge is -2.25. The van der Waals surface area contributed by atoms with Gasteiger partial charge in [0.2, 0.25) is 0 Å². The van der Waals surface area contributed by atoms with Gasteiger partial charge in [0.25, 0.3) is 11.8 Å². The molecule has 1 heterocycles. The van der Waals surface area contributed by atoms with Crippen LogP contribution in [0.4, 0.5) is 4.79 Å². The lowest BCUT2D eigenvalue weighted by molar-refractivity contribution is -0.130. The molecule has 0 bridgehead atoms. The van der Waals surface area contributed by atoms with Gasteiger partial charge in [-0.15, -0.1) is 0 Å². The number of carbonyl (C=O) groups is 3. The second kappa shape index (κ2) is 10.1. The van der Waals surface area contributed by atoms with Gasteiger partial charge >= 0.3 is 6.09 Å². The van der Waals surface area contributed by atoms with Gasteiger partial charge in [-0.25, -0.2) is 9.80 Å². The van der Waals surface area contributed by atoms with Crippen LogP contribution >= 0.6 is 11.6 Å². The summed E-state index contributed by atoms with van der Waals surface area (Å²) in [5.41, 5.74) is 3.72. The Morgan fingerprint density at radius 2 is 1.71 bits per heavy atom. The summed E-state index contributed by atoms with van der Waals surface area (Å²) >= 11 is 5.88. The van der Waals surface area contributed by atoms with E-state index in [1.165, 1.54) is 15.7 Å². The number of para-hydroxylation sites is 1.